The second kappa shape index (κ2) is 5.83. The average molecular weight is 282 g/mol. The Labute approximate surface area is 114 Å². The van der Waals surface area contributed by atoms with Crippen molar-refractivity contribution in [2.75, 3.05) is 6.54 Å². The molecule has 8 nitrogen and oxygen atoms in total. The van der Waals surface area contributed by atoms with E-state index in [4.69, 9.17) is 0 Å². The molecule has 1 N–H and O–H groups in total. The molecular formula is C12H14N2O6. The zero-order valence-electron chi connectivity index (χ0n) is 10.7. The van der Waals surface area contributed by atoms with Crippen LogP contribution in [-0.2, 0) is 24.0 Å². The van der Waals surface area contributed by atoms with Gasteiger partial charge >= 0.3 is 5.97 Å². The minimum absolute atomic E-state index is 0.0479. The first-order chi connectivity index (χ1) is 9.49. The number of carbonyl (C=O) groups is 4. The fourth-order valence-corrected chi connectivity index (χ4v) is 1.94. The van der Waals surface area contributed by atoms with Gasteiger partial charge in [-0.2, -0.15) is 0 Å². The van der Waals surface area contributed by atoms with Crippen LogP contribution in [0.25, 0.3) is 0 Å². The largest absolute Gasteiger partial charge is 0.370 e. The molecule has 1 saturated heterocycles. The Morgan fingerprint density at radius 3 is 2.50 bits per heavy atom. The third kappa shape index (κ3) is 3.02. The summed E-state index contributed by atoms with van der Waals surface area (Å²) in [6, 6.07) is 0. The van der Waals surface area contributed by atoms with Crippen molar-refractivity contribution < 1.29 is 29.1 Å². The van der Waals surface area contributed by atoms with Gasteiger partial charge < -0.3 is 14.8 Å². The minimum atomic E-state index is -0.972. The van der Waals surface area contributed by atoms with Crippen LogP contribution in [0.15, 0.2) is 12.2 Å². The van der Waals surface area contributed by atoms with E-state index < -0.39 is 24.0 Å². The maximum absolute atomic E-state index is 11.5. The molecule has 1 fully saturated rings. The van der Waals surface area contributed by atoms with Gasteiger partial charge in [0.15, 0.2) is 0 Å². The molecule has 2 heterocycles. The van der Waals surface area contributed by atoms with Crippen molar-refractivity contribution >= 4 is 23.7 Å². The van der Waals surface area contributed by atoms with Crippen molar-refractivity contribution in [1.82, 2.24) is 9.96 Å². The molecule has 0 aromatic heterocycles. The molecule has 3 amide bonds. The van der Waals surface area contributed by atoms with Crippen LogP contribution in [-0.4, -0.2) is 51.5 Å². The number of nitrogens with zero attached hydrogens (tertiary/aromatic N) is 2. The standard InChI is InChI=1S/C12H14N2O6/c15-8-3-4-9(16)13(8)7-1-2-12(19)20-14-10(17)5-6-11(14)18/h3-4,8,15H,1-2,5-7H2. The Kier molecular flexibility index (Phi) is 4.14. The molecule has 0 aromatic rings. The lowest BCUT2D eigenvalue weighted by molar-refractivity contribution is -0.197. The summed E-state index contributed by atoms with van der Waals surface area (Å²) in [6.07, 6.45) is 1.93. The van der Waals surface area contributed by atoms with Gasteiger partial charge in [-0.25, -0.2) is 4.79 Å². The van der Waals surface area contributed by atoms with Crippen molar-refractivity contribution in [3.05, 3.63) is 12.2 Å². The molecule has 8 heteroatoms. The molecule has 2 aliphatic heterocycles. The SMILES string of the molecule is O=C(CCCN1C(=O)C=CC1O)ON1C(=O)CCC1=O. The Hall–Kier alpha value is -2.22. The van der Waals surface area contributed by atoms with Gasteiger partial charge in [0.1, 0.15) is 6.23 Å². The Balaban J connectivity index is 1.72. The quantitative estimate of drug-likeness (QED) is 0.655. The van der Waals surface area contributed by atoms with Crippen molar-refractivity contribution in [2.45, 2.75) is 31.9 Å². The molecule has 0 aromatic carbocycles. The molecule has 2 aliphatic rings. The van der Waals surface area contributed by atoms with Crippen LogP contribution in [0.5, 0.6) is 0 Å². The highest BCUT2D eigenvalue weighted by molar-refractivity contribution is 6.01. The van der Waals surface area contributed by atoms with E-state index in [1.54, 1.807) is 0 Å². The smallest absolute Gasteiger partial charge is 0.333 e. The van der Waals surface area contributed by atoms with Crippen molar-refractivity contribution in [3.8, 4) is 0 Å². The maximum Gasteiger partial charge on any atom is 0.333 e. The molecule has 20 heavy (non-hydrogen) atoms. The van der Waals surface area contributed by atoms with Gasteiger partial charge in [-0.05, 0) is 12.5 Å². The van der Waals surface area contributed by atoms with Crippen LogP contribution in [0.3, 0.4) is 0 Å². The number of hydrogen-bond acceptors (Lipinski definition) is 6. The lowest BCUT2D eigenvalue weighted by atomic mass is 10.3. The Morgan fingerprint density at radius 2 is 1.95 bits per heavy atom. The number of hydroxylamine groups is 2. The third-order valence-electron chi connectivity index (χ3n) is 2.99. The Morgan fingerprint density at radius 1 is 1.30 bits per heavy atom. The molecule has 1 atom stereocenters. The number of hydrogen-bond donors (Lipinski definition) is 1. The van der Waals surface area contributed by atoms with E-state index in [2.05, 4.69) is 4.84 Å². The van der Waals surface area contributed by atoms with E-state index in [9.17, 15) is 24.3 Å². The van der Waals surface area contributed by atoms with Gasteiger partial charge in [-0.15, -0.1) is 5.06 Å². The highest BCUT2D eigenvalue weighted by Gasteiger charge is 2.32. The van der Waals surface area contributed by atoms with E-state index in [0.29, 0.717) is 5.06 Å². The van der Waals surface area contributed by atoms with Gasteiger partial charge in [-0.1, -0.05) is 0 Å². The number of aliphatic hydroxyl groups excluding tert-OH is 1. The topological polar surface area (TPSA) is 104 Å². The minimum Gasteiger partial charge on any atom is -0.370 e. The van der Waals surface area contributed by atoms with Crippen LogP contribution < -0.4 is 0 Å². The summed E-state index contributed by atoms with van der Waals surface area (Å²) in [5.41, 5.74) is 0. The molecule has 0 radical (unpaired) electrons. The van der Waals surface area contributed by atoms with Gasteiger partial charge in [0, 0.05) is 31.9 Å². The van der Waals surface area contributed by atoms with E-state index in [1.807, 2.05) is 0 Å². The number of carbonyl (C=O) groups excluding carboxylic acids is 4. The first-order valence-electron chi connectivity index (χ1n) is 6.22. The predicted octanol–water partition coefficient (Wildman–Crippen LogP) is -0.909. The van der Waals surface area contributed by atoms with E-state index in [0.717, 1.165) is 0 Å². The zero-order valence-corrected chi connectivity index (χ0v) is 10.7. The first-order valence-corrected chi connectivity index (χ1v) is 6.22. The van der Waals surface area contributed by atoms with Crippen LogP contribution in [0.2, 0.25) is 0 Å². The first kappa shape index (κ1) is 14.2. The summed E-state index contributed by atoms with van der Waals surface area (Å²) >= 11 is 0. The van der Waals surface area contributed by atoms with Crippen LogP contribution in [0, 0.1) is 0 Å². The number of rotatable bonds is 5. The van der Waals surface area contributed by atoms with E-state index in [1.165, 1.54) is 17.1 Å². The molecule has 0 spiro atoms. The number of amides is 3. The van der Waals surface area contributed by atoms with Gasteiger partial charge in [0.2, 0.25) is 5.91 Å². The van der Waals surface area contributed by atoms with Crippen LogP contribution >= 0.6 is 0 Å². The summed E-state index contributed by atoms with van der Waals surface area (Å²) in [5, 5.41) is 9.91. The summed E-state index contributed by atoms with van der Waals surface area (Å²) in [4.78, 5) is 51.1. The monoisotopic (exact) mass is 282 g/mol. The molecule has 0 aliphatic carbocycles. The second-order valence-corrected chi connectivity index (χ2v) is 4.45. The summed E-state index contributed by atoms with van der Waals surface area (Å²) < 4.78 is 0. The fraction of sp³-hybridized carbons (Fsp3) is 0.500. The molecule has 108 valence electrons. The number of imide groups is 1. The average Bonchev–Trinajstić information content (AvgIpc) is 2.88. The van der Waals surface area contributed by atoms with Crippen molar-refractivity contribution in [1.29, 1.82) is 0 Å². The Bertz CT molecular complexity index is 470. The van der Waals surface area contributed by atoms with Gasteiger partial charge in [0.05, 0.1) is 0 Å². The maximum atomic E-state index is 11.5. The fourth-order valence-electron chi connectivity index (χ4n) is 1.94. The zero-order chi connectivity index (χ0) is 14.7. The third-order valence-corrected chi connectivity index (χ3v) is 2.99. The second-order valence-electron chi connectivity index (χ2n) is 4.45. The van der Waals surface area contributed by atoms with Gasteiger partial charge in [-0.3, -0.25) is 14.4 Å². The molecule has 2 rings (SSSR count). The van der Waals surface area contributed by atoms with Crippen LogP contribution in [0.4, 0.5) is 0 Å². The predicted molar refractivity (Wildman–Crippen MR) is 63.3 cm³/mol. The normalized spacial score (nSPS) is 22.1. The highest BCUT2D eigenvalue weighted by atomic mass is 16.7. The van der Waals surface area contributed by atoms with Crippen molar-refractivity contribution in [2.24, 2.45) is 0 Å². The lowest BCUT2D eigenvalue weighted by Gasteiger charge is -2.20. The summed E-state index contributed by atoms with van der Waals surface area (Å²) in [7, 11) is 0. The molecule has 0 saturated carbocycles. The summed E-state index contributed by atoms with van der Waals surface area (Å²) in [5.74, 6) is -2.10. The van der Waals surface area contributed by atoms with Crippen molar-refractivity contribution in [3.63, 3.8) is 0 Å². The molecule has 0 bridgehead atoms. The van der Waals surface area contributed by atoms with E-state index >= 15 is 0 Å². The van der Waals surface area contributed by atoms with Crippen LogP contribution in [0.1, 0.15) is 25.7 Å². The van der Waals surface area contributed by atoms with E-state index in [-0.39, 0.29) is 38.1 Å². The van der Waals surface area contributed by atoms with Gasteiger partial charge in [0.25, 0.3) is 11.8 Å². The summed E-state index contributed by atoms with van der Waals surface area (Å²) in [6.45, 7) is 0.185. The lowest BCUT2D eigenvalue weighted by Crippen LogP contribution is -2.35. The molecule has 1 unspecified atom stereocenters. The molecular weight excluding hydrogens is 268 g/mol. The number of aliphatic hydroxyl groups is 1. The highest BCUT2D eigenvalue weighted by Crippen LogP contribution is 2.14.